The Hall–Kier alpha value is -2.61. The second-order valence-corrected chi connectivity index (χ2v) is 8.90. The Morgan fingerprint density at radius 1 is 1.27 bits per heavy atom. The number of rotatable bonds is 4. The molecule has 7 nitrogen and oxygen atoms in total. The quantitative estimate of drug-likeness (QED) is 0.840. The Labute approximate surface area is 152 Å². The molecular weight excluding hydrogens is 354 g/mol. The summed E-state index contributed by atoms with van der Waals surface area (Å²) >= 11 is 0. The molecule has 1 aliphatic rings. The maximum Gasteiger partial charge on any atom is 0.251 e. The molecule has 3 rings (SSSR count). The van der Waals surface area contributed by atoms with Gasteiger partial charge in [-0.05, 0) is 31.5 Å². The van der Waals surface area contributed by atoms with Gasteiger partial charge in [0.05, 0.1) is 29.8 Å². The van der Waals surface area contributed by atoms with Crippen LogP contribution >= 0.6 is 0 Å². The van der Waals surface area contributed by atoms with Crippen LogP contribution in [0.5, 0.6) is 5.75 Å². The molecule has 3 N–H and O–H groups in total. The molecule has 0 saturated carbocycles. The second-order valence-electron chi connectivity index (χ2n) is 6.72. The maximum absolute atomic E-state index is 12.5. The second kappa shape index (κ2) is 6.60. The summed E-state index contributed by atoms with van der Waals surface area (Å²) in [5.74, 6) is 0.245. The van der Waals surface area contributed by atoms with Crippen LogP contribution in [0.3, 0.4) is 0 Å². The number of ether oxygens (including phenoxy) is 1. The van der Waals surface area contributed by atoms with Crippen LogP contribution in [-0.4, -0.2) is 43.5 Å². The zero-order valence-corrected chi connectivity index (χ0v) is 15.5. The predicted molar refractivity (Wildman–Crippen MR) is 99.8 cm³/mol. The highest BCUT2D eigenvalue weighted by molar-refractivity contribution is 7.91. The number of carbonyl (C=O) groups excluding carboxylic acids is 1. The van der Waals surface area contributed by atoms with E-state index in [1.54, 1.807) is 43.5 Å². The first-order valence-electron chi connectivity index (χ1n) is 8.15. The van der Waals surface area contributed by atoms with Crippen molar-refractivity contribution in [1.29, 1.82) is 0 Å². The van der Waals surface area contributed by atoms with Crippen molar-refractivity contribution in [3.8, 4) is 17.0 Å². The summed E-state index contributed by atoms with van der Waals surface area (Å²) < 4.78 is 28.7. The SMILES string of the molecule is COc1c(N)ccnc1-c1ccc(C(=O)N[C@@]2(C)CCS(=O)(=O)C2)cc1. The Morgan fingerprint density at radius 2 is 1.96 bits per heavy atom. The first-order chi connectivity index (χ1) is 12.2. The van der Waals surface area contributed by atoms with Crippen molar-refractivity contribution in [2.75, 3.05) is 24.3 Å². The summed E-state index contributed by atoms with van der Waals surface area (Å²) in [6.07, 6.45) is 2.01. The lowest BCUT2D eigenvalue weighted by molar-refractivity contribution is 0.0915. The van der Waals surface area contributed by atoms with E-state index < -0.39 is 15.4 Å². The van der Waals surface area contributed by atoms with Gasteiger partial charge in [0, 0.05) is 17.3 Å². The number of benzene rings is 1. The number of hydrogen-bond acceptors (Lipinski definition) is 6. The Bertz CT molecular complexity index is 941. The van der Waals surface area contributed by atoms with Gasteiger partial charge in [0.1, 0.15) is 5.69 Å². The Balaban J connectivity index is 1.80. The van der Waals surface area contributed by atoms with Gasteiger partial charge in [0.2, 0.25) is 0 Å². The third kappa shape index (κ3) is 3.65. The number of nitrogens with two attached hydrogens (primary N) is 1. The largest absolute Gasteiger partial charge is 0.492 e. The van der Waals surface area contributed by atoms with Crippen molar-refractivity contribution in [3.05, 3.63) is 42.1 Å². The van der Waals surface area contributed by atoms with Crippen LogP contribution < -0.4 is 15.8 Å². The number of carbonyl (C=O) groups is 1. The van der Waals surface area contributed by atoms with Crippen molar-refractivity contribution in [3.63, 3.8) is 0 Å². The molecule has 0 aliphatic carbocycles. The van der Waals surface area contributed by atoms with Crippen LogP contribution in [0.15, 0.2) is 36.5 Å². The van der Waals surface area contributed by atoms with Crippen molar-refractivity contribution >= 4 is 21.4 Å². The number of hydrogen-bond donors (Lipinski definition) is 2. The maximum atomic E-state index is 12.5. The molecule has 1 aromatic carbocycles. The molecular formula is C18H21N3O4S. The molecule has 1 aromatic heterocycles. The standard InChI is InChI=1S/C18H21N3O4S/c1-18(8-10-26(23,24)11-18)21-17(22)13-5-3-12(4-6-13)15-16(25-2)14(19)7-9-20-15/h3-7,9H,8,10-11H2,1-2H3,(H2,19,20)(H,21,22)/t18-/m0/s1. The fraction of sp³-hybridized carbons (Fsp3) is 0.333. The van der Waals surface area contributed by atoms with Crippen LogP contribution in [0.2, 0.25) is 0 Å². The minimum Gasteiger partial charge on any atom is -0.492 e. The fourth-order valence-electron chi connectivity index (χ4n) is 3.12. The van der Waals surface area contributed by atoms with E-state index in [-0.39, 0.29) is 17.4 Å². The summed E-state index contributed by atoms with van der Waals surface area (Å²) in [4.78, 5) is 16.8. The van der Waals surface area contributed by atoms with Crippen LogP contribution in [0.4, 0.5) is 5.69 Å². The molecule has 1 aliphatic heterocycles. The van der Waals surface area contributed by atoms with Gasteiger partial charge >= 0.3 is 0 Å². The average Bonchev–Trinajstić information content (AvgIpc) is 2.87. The van der Waals surface area contributed by atoms with E-state index >= 15 is 0 Å². The lowest BCUT2D eigenvalue weighted by Crippen LogP contribution is -2.46. The van der Waals surface area contributed by atoms with Gasteiger partial charge in [-0.2, -0.15) is 0 Å². The van der Waals surface area contributed by atoms with E-state index in [2.05, 4.69) is 10.3 Å². The van der Waals surface area contributed by atoms with Gasteiger partial charge < -0.3 is 15.8 Å². The highest BCUT2D eigenvalue weighted by atomic mass is 32.2. The van der Waals surface area contributed by atoms with E-state index in [0.29, 0.717) is 29.1 Å². The van der Waals surface area contributed by atoms with Gasteiger partial charge in [0.25, 0.3) is 5.91 Å². The van der Waals surface area contributed by atoms with E-state index in [4.69, 9.17) is 10.5 Å². The van der Waals surface area contributed by atoms with Crippen LogP contribution in [0, 0.1) is 0 Å². The summed E-state index contributed by atoms with van der Waals surface area (Å²) in [6, 6.07) is 8.50. The van der Waals surface area contributed by atoms with E-state index in [1.165, 1.54) is 7.11 Å². The molecule has 1 atom stereocenters. The molecule has 0 spiro atoms. The molecule has 0 unspecified atom stereocenters. The van der Waals surface area contributed by atoms with Crippen LogP contribution in [-0.2, 0) is 9.84 Å². The molecule has 8 heteroatoms. The van der Waals surface area contributed by atoms with E-state index in [0.717, 1.165) is 5.56 Å². The number of pyridine rings is 1. The number of aromatic nitrogens is 1. The number of anilines is 1. The number of nitrogen functional groups attached to an aromatic ring is 1. The number of nitrogens with one attached hydrogen (secondary N) is 1. The number of sulfone groups is 1. The first-order valence-corrected chi connectivity index (χ1v) is 9.97. The van der Waals surface area contributed by atoms with Gasteiger partial charge in [-0.25, -0.2) is 8.42 Å². The number of methoxy groups -OCH3 is 1. The van der Waals surface area contributed by atoms with Crippen molar-refractivity contribution in [1.82, 2.24) is 10.3 Å². The number of amides is 1. The summed E-state index contributed by atoms with van der Waals surface area (Å²) in [6.45, 7) is 1.76. The smallest absolute Gasteiger partial charge is 0.251 e. The van der Waals surface area contributed by atoms with Crippen molar-refractivity contribution in [2.24, 2.45) is 0 Å². The molecule has 0 bridgehead atoms. The van der Waals surface area contributed by atoms with Gasteiger partial charge in [-0.3, -0.25) is 9.78 Å². The molecule has 2 aromatic rings. The van der Waals surface area contributed by atoms with Crippen LogP contribution in [0.25, 0.3) is 11.3 Å². The lowest BCUT2D eigenvalue weighted by atomic mass is 10.0. The predicted octanol–water partition coefficient (Wildman–Crippen LogP) is 1.65. The lowest BCUT2D eigenvalue weighted by Gasteiger charge is -2.23. The molecule has 1 fully saturated rings. The van der Waals surface area contributed by atoms with Crippen molar-refractivity contribution < 1.29 is 17.9 Å². The fourth-order valence-corrected chi connectivity index (χ4v) is 5.21. The summed E-state index contributed by atoms with van der Waals surface area (Å²) in [5, 5.41) is 2.84. The molecule has 1 saturated heterocycles. The minimum absolute atomic E-state index is 0.0335. The zero-order chi connectivity index (χ0) is 18.9. The highest BCUT2D eigenvalue weighted by Crippen LogP contribution is 2.32. The Kier molecular flexibility index (Phi) is 4.62. The number of nitrogens with zero attached hydrogens (tertiary/aromatic N) is 1. The third-order valence-corrected chi connectivity index (χ3v) is 6.38. The zero-order valence-electron chi connectivity index (χ0n) is 14.7. The monoisotopic (exact) mass is 375 g/mol. The van der Waals surface area contributed by atoms with E-state index in [9.17, 15) is 13.2 Å². The highest BCUT2D eigenvalue weighted by Gasteiger charge is 2.39. The van der Waals surface area contributed by atoms with Crippen molar-refractivity contribution in [2.45, 2.75) is 18.9 Å². The molecule has 138 valence electrons. The molecule has 0 radical (unpaired) electrons. The normalized spacial score (nSPS) is 21.3. The summed E-state index contributed by atoms with van der Waals surface area (Å²) in [7, 11) is -1.56. The van der Waals surface area contributed by atoms with Gasteiger partial charge in [0.15, 0.2) is 15.6 Å². The van der Waals surface area contributed by atoms with Gasteiger partial charge in [-0.1, -0.05) is 12.1 Å². The topological polar surface area (TPSA) is 111 Å². The molecule has 26 heavy (non-hydrogen) atoms. The first kappa shape index (κ1) is 18.2. The molecule has 2 heterocycles. The Morgan fingerprint density at radius 3 is 2.54 bits per heavy atom. The molecule has 1 amide bonds. The van der Waals surface area contributed by atoms with Gasteiger partial charge in [-0.15, -0.1) is 0 Å². The third-order valence-electron chi connectivity index (χ3n) is 4.48. The summed E-state index contributed by atoms with van der Waals surface area (Å²) in [5.41, 5.74) is 7.45. The van der Waals surface area contributed by atoms with Crippen LogP contribution in [0.1, 0.15) is 23.7 Å². The average molecular weight is 375 g/mol. The minimum atomic E-state index is -3.08. The van der Waals surface area contributed by atoms with E-state index in [1.807, 2.05) is 0 Å².